The van der Waals surface area contributed by atoms with E-state index in [9.17, 15) is 5.11 Å². The lowest BCUT2D eigenvalue weighted by molar-refractivity contribution is -0.0269. The molecule has 0 aromatic heterocycles. The lowest BCUT2D eigenvalue weighted by atomic mass is 9.93. The van der Waals surface area contributed by atoms with Crippen molar-refractivity contribution in [1.29, 1.82) is 0 Å². The van der Waals surface area contributed by atoms with E-state index in [0.29, 0.717) is 0 Å². The van der Waals surface area contributed by atoms with Crippen LogP contribution in [-0.4, -0.2) is 23.9 Å². The second kappa shape index (κ2) is 7.43. The zero-order valence-corrected chi connectivity index (χ0v) is 14.6. The summed E-state index contributed by atoms with van der Waals surface area (Å²) in [6.07, 6.45) is 0. The highest BCUT2D eigenvalue weighted by atomic mass is 79.9. The maximum atomic E-state index is 10.3. The largest absolute Gasteiger partial charge is 0.490 e. The van der Waals surface area contributed by atoms with Crippen LogP contribution in [0.25, 0.3) is 0 Å². The molecule has 4 heteroatoms. The molecule has 2 unspecified atom stereocenters. The standard InChI is InChI=1S/C16H26BrNO2/c1-6-18-12(4)14-8-7-13(17)9-15(14)20-10-16(5,19)11(2)3/h7-9,11-12,18-19H,6,10H2,1-5H3. The first-order valence-corrected chi connectivity index (χ1v) is 7.95. The molecule has 0 saturated heterocycles. The Balaban J connectivity index is 2.90. The topological polar surface area (TPSA) is 41.5 Å². The Morgan fingerprint density at radius 1 is 1.35 bits per heavy atom. The summed E-state index contributed by atoms with van der Waals surface area (Å²) in [5.41, 5.74) is 0.274. The van der Waals surface area contributed by atoms with Gasteiger partial charge in [-0.1, -0.05) is 42.8 Å². The molecule has 2 atom stereocenters. The van der Waals surface area contributed by atoms with Crippen molar-refractivity contribution >= 4 is 15.9 Å². The molecule has 0 aliphatic heterocycles. The van der Waals surface area contributed by atoms with Crippen LogP contribution in [0.4, 0.5) is 0 Å². The third-order valence-electron chi connectivity index (χ3n) is 3.72. The van der Waals surface area contributed by atoms with Crippen molar-refractivity contribution in [3.05, 3.63) is 28.2 Å². The monoisotopic (exact) mass is 343 g/mol. The molecular weight excluding hydrogens is 318 g/mol. The van der Waals surface area contributed by atoms with E-state index in [0.717, 1.165) is 22.3 Å². The smallest absolute Gasteiger partial charge is 0.125 e. The van der Waals surface area contributed by atoms with Gasteiger partial charge in [-0.15, -0.1) is 0 Å². The van der Waals surface area contributed by atoms with Gasteiger partial charge in [-0.25, -0.2) is 0 Å². The fourth-order valence-electron chi connectivity index (χ4n) is 1.80. The average Bonchev–Trinajstić information content (AvgIpc) is 2.36. The summed E-state index contributed by atoms with van der Waals surface area (Å²) in [7, 11) is 0. The summed E-state index contributed by atoms with van der Waals surface area (Å²) in [6, 6.07) is 6.24. The number of rotatable bonds is 7. The molecule has 0 heterocycles. The van der Waals surface area contributed by atoms with Gasteiger partial charge in [-0.3, -0.25) is 0 Å². The van der Waals surface area contributed by atoms with Crippen LogP contribution in [0, 0.1) is 5.92 Å². The van der Waals surface area contributed by atoms with Gasteiger partial charge >= 0.3 is 0 Å². The summed E-state index contributed by atoms with van der Waals surface area (Å²) < 4.78 is 6.87. The van der Waals surface area contributed by atoms with Crippen LogP contribution in [-0.2, 0) is 0 Å². The van der Waals surface area contributed by atoms with E-state index in [-0.39, 0.29) is 18.6 Å². The molecule has 3 nitrogen and oxygen atoms in total. The van der Waals surface area contributed by atoms with Crippen LogP contribution in [0.5, 0.6) is 5.75 Å². The van der Waals surface area contributed by atoms with Crippen LogP contribution in [0.2, 0.25) is 0 Å². The van der Waals surface area contributed by atoms with Gasteiger partial charge in [0, 0.05) is 16.1 Å². The maximum absolute atomic E-state index is 10.3. The third-order valence-corrected chi connectivity index (χ3v) is 4.21. The molecule has 0 aliphatic carbocycles. The zero-order valence-electron chi connectivity index (χ0n) is 13.0. The zero-order chi connectivity index (χ0) is 15.3. The summed E-state index contributed by atoms with van der Waals surface area (Å²) in [6.45, 7) is 11.2. The Morgan fingerprint density at radius 2 is 2.00 bits per heavy atom. The Kier molecular flexibility index (Phi) is 6.49. The van der Waals surface area contributed by atoms with E-state index < -0.39 is 5.60 Å². The number of hydrogen-bond donors (Lipinski definition) is 2. The SMILES string of the molecule is CCNC(C)c1ccc(Br)cc1OCC(C)(O)C(C)C. The third kappa shape index (κ3) is 4.76. The second-order valence-electron chi connectivity index (χ2n) is 5.76. The molecule has 1 rings (SSSR count). The lowest BCUT2D eigenvalue weighted by Crippen LogP contribution is -2.38. The number of halogens is 1. The van der Waals surface area contributed by atoms with Crippen molar-refractivity contribution in [3.8, 4) is 5.75 Å². The van der Waals surface area contributed by atoms with Gasteiger partial charge in [-0.05, 0) is 38.4 Å². The van der Waals surface area contributed by atoms with Crippen LogP contribution in [0.3, 0.4) is 0 Å². The van der Waals surface area contributed by atoms with Crippen LogP contribution in [0.15, 0.2) is 22.7 Å². The normalized spacial score (nSPS) is 16.0. The summed E-state index contributed by atoms with van der Waals surface area (Å²) in [5, 5.41) is 13.7. The summed E-state index contributed by atoms with van der Waals surface area (Å²) >= 11 is 3.47. The Bertz CT molecular complexity index is 432. The Hall–Kier alpha value is -0.580. The van der Waals surface area contributed by atoms with Crippen molar-refractivity contribution in [3.63, 3.8) is 0 Å². The number of benzene rings is 1. The fraction of sp³-hybridized carbons (Fsp3) is 0.625. The minimum Gasteiger partial charge on any atom is -0.490 e. The van der Waals surface area contributed by atoms with E-state index in [1.807, 2.05) is 32.9 Å². The Morgan fingerprint density at radius 3 is 2.55 bits per heavy atom. The van der Waals surface area contributed by atoms with Gasteiger partial charge in [-0.2, -0.15) is 0 Å². The summed E-state index contributed by atoms with van der Waals surface area (Å²) in [4.78, 5) is 0. The lowest BCUT2D eigenvalue weighted by Gasteiger charge is -2.28. The number of aliphatic hydroxyl groups is 1. The molecule has 0 fully saturated rings. The number of hydrogen-bond acceptors (Lipinski definition) is 3. The van der Waals surface area contributed by atoms with Crippen LogP contribution >= 0.6 is 15.9 Å². The first-order valence-electron chi connectivity index (χ1n) is 7.16. The van der Waals surface area contributed by atoms with Crippen molar-refractivity contribution < 1.29 is 9.84 Å². The molecular formula is C16H26BrNO2. The van der Waals surface area contributed by atoms with E-state index >= 15 is 0 Å². The molecule has 0 spiro atoms. The molecule has 2 N–H and O–H groups in total. The summed E-state index contributed by atoms with van der Waals surface area (Å²) in [5.74, 6) is 0.957. The molecule has 0 amide bonds. The van der Waals surface area contributed by atoms with E-state index in [1.165, 1.54) is 0 Å². The van der Waals surface area contributed by atoms with Crippen molar-refractivity contribution in [2.75, 3.05) is 13.2 Å². The van der Waals surface area contributed by atoms with Crippen LogP contribution in [0.1, 0.15) is 46.2 Å². The highest BCUT2D eigenvalue weighted by Gasteiger charge is 2.26. The van der Waals surface area contributed by atoms with Crippen LogP contribution < -0.4 is 10.1 Å². The number of nitrogens with one attached hydrogen (secondary N) is 1. The molecule has 0 aliphatic rings. The Labute approximate surface area is 130 Å². The predicted molar refractivity (Wildman–Crippen MR) is 87.2 cm³/mol. The first kappa shape index (κ1) is 17.5. The highest BCUT2D eigenvalue weighted by Crippen LogP contribution is 2.30. The molecule has 114 valence electrons. The van der Waals surface area contributed by atoms with E-state index in [1.54, 1.807) is 0 Å². The average molecular weight is 344 g/mol. The first-order chi connectivity index (χ1) is 9.27. The van der Waals surface area contributed by atoms with E-state index in [4.69, 9.17) is 4.74 Å². The van der Waals surface area contributed by atoms with Gasteiger partial charge in [0.15, 0.2) is 0 Å². The fourth-order valence-corrected chi connectivity index (χ4v) is 2.14. The quantitative estimate of drug-likeness (QED) is 0.788. The molecule has 20 heavy (non-hydrogen) atoms. The maximum Gasteiger partial charge on any atom is 0.125 e. The van der Waals surface area contributed by atoms with Gasteiger partial charge in [0.1, 0.15) is 12.4 Å². The number of ether oxygens (including phenoxy) is 1. The van der Waals surface area contributed by atoms with Crippen molar-refractivity contribution in [2.45, 2.75) is 46.3 Å². The molecule has 0 radical (unpaired) electrons. The molecule has 0 saturated carbocycles. The molecule has 1 aromatic carbocycles. The van der Waals surface area contributed by atoms with Gasteiger partial charge < -0.3 is 15.2 Å². The molecule has 0 bridgehead atoms. The van der Waals surface area contributed by atoms with E-state index in [2.05, 4.69) is 41.2 Å². The second-order valence-corrected chi connectivity index (χ2v) is 6.68. The molecule has 1 aromatic rings. The predicted octanol–water partition coefficient (Wildman–Crippen LogP) is 3.91. The van der Waals surface area contributed by atoms with Gasteiger partial charge in [0.05, 0.1) is 5.60 Å². The minimum atomic E-state index is -0.832. The van der Waals surface area contributed by atoms with Gasteiger partial charge in [0.25, 0.3) is 0 Å². The minimum absolute atomic E-state index is 0.143. The van der Waals surface area contributed by atoms with Crippen molar-refractivity contribution in [2.24, 2.45) is 5.92 Å². The van der Waals surface area contributed by atoms with Gasteiger partial charge in [0.2, 0.25) is 0 Å². The highest BCUT2D eigenvalue weighted by molar-refractivity contribution is 9.10. The van der Waals surface area contributed by atoms with Crippen molar-refractivity contribution in [1.82, 2.24) is 5.32 Å².